The molecule has 0 radical (unpaired) electrons. The van der Waals surface area contributed by atoms with Crippen LogP contribution in [0, 0.1) is 5.92 Å². The van der Waals surface area contributed by atoms with Crippen molar-refractivity contribution in [1.29, 1.82) is 0 Å². The molecule has 0 amide bonds. The van der Waals surface area contributed by atoms with Crippen molar-refractivity contribution in [3.05, 3.63) is 0 Å². The van der Waals surface area contributed by atoms with Gasteiger partial charge in [0.15, 0.2) is 0 Å². The van der Waals surface area contributed by atoms with Gasteiger partial charge in [0.25, 0.3) is 0 Å². The Hall–Kier alpha value is 0.234. The summed E-state index contributed by atoms with van der Waals surface area (Å²) in [5, 5.41) is 0. The first-order valence-electron chi connectivity index (χ1n) is 9.41. The van der Waals surface area contributed by atoms with Crippen molar-refractivity contribution >= 4 is 17.1 Å². The van der Waals surface area contributed by atoms with Crippen molar-refractivity contribution < 1.29 is 22.4 Å². The summed E-state index contributed by atoms with van der Waals surface area (Å²) >= 11 is 0. The number of rotatable bonds is 9. The number of epoxide rings is 1. The van der Waals surface area contributed by atoms with Crippen LogP contribution in [-0.4, -0.2) is 56.3 Å². The van der Waals surface area contributed by atoms with Crippen molar-refractivity contribution in [2.24, 2.45) is 5.92 Å². The zero-order valence-corrected chi connectivity index (χ0v) is 18.7. The van der Waals surface area contributed by atoms with Gasteiger partial charge in [-0.25, -0.2) is 0 Å². The molecule has 0 aromatic rings. The SMILES string of the molecule is CCO[Si](C)(C)OCC.CC[Si](C)(OC)OCC1CCC2OC2C1. The minimum atomic E-state index is -1.83. The summed E-state index contributed by atoms with van der Waals surface area (Å²) in [6, 6.07) is 1.03. The third-order valence-electron chi connectivity index (χ3n) is 4.79. The highest BCUT2D eigenvalue weighted by Crippen LogP contribution is 2.39. The lowest BCUT2D eigenvalue weighted by Crippen LogP contribution is -2.38. The Morgan fingerprint density at radius 3 is 2.00 bits per heavy atom. The number of fused-ring (bicyclic) bond motifs is 1. The minimum Gasteiger partial charge on any atom is -0.398 e. The number of ether oxygens (including phenoxy) is 1. The Kier molecular flexibility index (Phi) is 9.65. The maximum atomic E-state index is 6.00. The first-order valence-corrected chi connectivity index (χ1v) is 14.8. The average molecular weight is 379 g/mol. The van der Waals surface area contributed by atoms with Gasteiger partial charge in [0.2, 0.25) is 0 Å². The van der Waals surface area contributed by atoms with E-state index in [0.29, 0.717) is 18.1 Å². The van der Waals surface area contributed by atoms with Crippen LogP contribution in [0.3, 0.4) is 0 Å². The van der Waals surface area contributed by atoms with E-state index >= 15 is 0 Å². The van der Waals surface area contributed by atoms with Crippen LogP contribution in [0.2, 0.25) is 25.7 Å². The minimum absolute atomic E-state index is 0.560. The van der Waals surface area contributed by atoms with Crippen LogP contribution in [0.25, 0.3) is 0 Å². The van der Waals surface area contributed by atoms with Gasteiger partial charge >= 0.3 is 17.1 Å². The van der Waals surface area contributed by atoms with Gasteiger partial charge in [-0.2, -0.15) is 0 Å². The van der Waals surface area contributed by atoms with Crippen molar-refractivity contribution in [1.82, 2.24) is 0 Å². The highest BCUT2D eigenvalue weighted by Gasteiger charge is 2.44. The summed E-state index contributed by atoms with van der Waals surface area (Å²) in [5.41, 5.74) is 0. The molecule has 1 saturated heterocycles. The van der Waals surface area contributed by atoms with Crippen molar-refractivity contribution in [3.63, 3.8) is 0 Å². The Morgan fingerprint density at radius 2 is 1.54 bits per heavy atom. The standard InChI is InChI=1S/C11H22O3Si.C6H16O2Si/c1-4-15(3,12-2)13-8-9-5-6-10-11(7-9)14-10;1-5-7-9(3,4)8-6-2/h9-11H,4-8H2,1-3H3;5-6H2,1-4H3. The van der Waals surface area contributed by atoms with E-state index in [9.17, 15) is 0 Å². The van der Waals surface area contributed by atoms with Gasteiger partial charge in [-0.05, 0) is 64.7 Å². The van der Waals surface area contributed by atoms with Crippen LogP contribution in [0.5, 0.6) is 0 Å². The maximum Gasteiger partial charge on any atom is 0.334 e. The lowest BCUT2D eigenvalue weighted by molar-refractivity contribution is 0.156. The molecule has 24 heavy (non-hydrogen) atoms. The van der Waals surface area contributed by atoms with Gasteiger partial charge in [0.1, 0.15) is 0 Å². The second-order valence-electron chi connectivity index (χ2n) is 7.16. The molecule has 2 rings (SSSR count). The normalized spacial score (nSPS) is 28.4. The number of hydrogen-bond donors (Lipinski definition) is 0. The molecule has 4 unspecified atom stereocenters. The second kappa shape index (κ2) is 10.4. The lowest BCUT2D eigenvalue weighted by Gasteiger charge is -2.27. The summed E-state index contributed by atoms with van der Waals surface area (Å²) in [4.78, 5) is 0. The maximum absolute atomic E-state index is 6.00. The molecule has 1 aliphatic carbocycles. The van der Waals surface area contributed by atoms with Crippen molar-refractivity contribution in [3.8, 4) is 0 Å². The molecule has 0 N–H and O–H groups in total. The molecule has 7 heteroatoms. The zero-order chi connectivity index (χ0) is 18.2. The van der Waals surface area contributed by atoms with Crippen LogP contribution in [-0.2, 0) is 22.4 Å². The first-order chi connectivity index (χ1) is 11.3. The van der Waals surface area contributed by atoms with Gasteiger partial charge in [0, 0.05) is 26.9 Å². The van der Waals surface area contributed by atoms with E-state index in [1.165, 1.54) is 19.3 Å². The van der Waals surface area contributed by atoms with Gasteiger partial charge < -0.3 is 22.4 Å². The van der Waals surface area contributed by atoms with Crippen LogP contribution in [0.15, 0.2) is 0 Å². The molecule has 2 fully saturated rings. The molecule has 144 valence electrons. The zero-order valence-electron chi connectivity index (χ0n) is 16.7. The van der Waals surface area contributed by atoms with Gasteiger partial charge in [-0.3, -0.25) is 0 Å². The predicted molar refractivity (Wildman–Crippen MR) is 102 cm³/mol. The highest BCUT2D eigenvalue weighted by molar-refractivity contribution is 6.65. The van der Waals surface area contributed by atoms with Gasteiger partial charge in [-0.15, -0.1) is 0 Å². The lowest BCUT2D eigenvalue weighted by atomic mass is 9.90. The van der Waals surface area contributed by atoms with E-state index in [0.717, 1.165) is 25.9 Å². The second-order valence-corrected chi connectivity index (χ2v) is 14.2. The van der Waals surface area contributed by atoms with E-state index < -0.39 is 17.1 Å². The molecular weight excluding hydrogens is 340 g/mol. The molecule has 5 nitrogen and oxygen atoms in total. The molecule has 0 aromatic heterocycles. The van der Waals surface area contributed by atoms with Crippen LogP contribution >= 0.6 is 0 Å². The summed E-state index contributed by atoms with van der Waals surface area (Å²) in [6.45, 7) is 14.8. The molecule has 2 aliphatic rings. The first kappa shape index (κ1) is 22.3. The molecule has 0 aromatic carbocycles. The molecule has 0 bridgehead atoms. The van der Waals surface area contributed by atoms with E-state index in [1.807, 2.05) is 13.8 Å². The van der Waals surface area contributed by atoms with E-state index in [-0.39, 0.29) is 0 Å². The Balaban J connectivity index is 0.000000277. The van der Waals surface area contributed by atoms with Gasteiger partial charge in [-0.1, -0.05) is 6.92 Å². The van der Waals surface area contributed by atoms with Gasteiger partial charge in [0.05, 0.1) is 12.2 Å². The monoisotopic (exact) mass is 378 g/mol. The summed E-state index contributed by atoms with van der Waals surface area (Å²) in [6.07, 6.45) is 4.85. The highest BCUT2D eigenvalue weighted by atomic mass is 28.4. The average Bonchev–Trinajstić information content (AvgIpc) is 3.31. The molecule has 4 atom stereocenters. The third-order valence-corrected chi connectivity index (χ3v) is 9.69. The van der Waals surface area contributed by atoms with E-state index in [1.54, 1.807) is 7.11 Å². The fourth-order valence-electron chi connectivity index (χ4n) is 2.97. The van der Waals surface area contributed by atoms with Crippen LogP contribution in [0.1, 0.15) is 40.0 Å². The Labute approximate surface area is 150 Å². The van der Waals surface area contributed by atoms with Crippen LogP contribution in [0.4, 0.5) is 0 Å². The molecule has 1 saturated carbocycles. The van der Waals surface area contributed by atoms with E-state index in [4.69, 9.17) is 22.4 Å². The quantitative estimate of drug-likeness (QED) is 0.447. The smallest absolute Gasteiger partial charge is 0.334 e. The molecule has 1 aliphatic heterocycles. The molecule has 1 heterocycles. The van der Waals surface area contributed by atoms with Crippen molar-refractivity contribution in [2.45, 2.75) is 77.9 Å². The van der Waals surface area contributed by atoms with E-state index in [2.05, 4.69) is 26.6 Å². The molecule has 0 spiro atoms. The Morgan fingerprint density at radius 1 is 0.917 bits per heavy atom. The van der Waals surface area contributed by atoms with Crippen LogP contribution < -0.4 is 0 Å². The topological polar surface area (TPSA) is 49.5 Å². The predicted octanol–water partition coefficient (Wildman–Crippen LogP) is 4.07. The third kappa shape index (κ3) is 8.08. The summed E-state index contributed by atoms with van der Waals surface area (Å²) in [5.74, 6) is 0.697. The fraction of sp³-hybridized carbons (Fsp3) is 1.00. The fourth-order valence-corrected chi connectivity index (χ4v) is 5.65. The van der Waals surface area contributed by atoms with Crippen molar-refractivity contribution in [2.75, 3.05) is 26.9 Å². The largest absolute Gasteiger partial charge is 0.398 e. The summed E-state index contributed by atoms with van der Waals surface area (Å²) < 4.78 is 27.8. The number of hydrogen-bond acceptors (Lipinski definition) is 5. The Bertz CT molecular complexity index is 342. The molecular formula is C17H38O5Si2. The summed E-state index contributed by atoms with van der Waals surface area (Å²) in [7, 11) is -1.76.